The summed E-state index contributed by atoms with van der Waals surface area (Å²) in [7, 11) is 0. The molecule has 13 aromatic carbocycles. The molecule has 2 heterocycles. The first-order chi connectivity index (χ1) is 41.6. The molecular weight excluding hydrogens is 1030 g/mol. The van der Waals surface area contributed by atoms with Crippen LogP contribution in [-0.4, -0.2) is 0 Å². The second-order valence-corrected chi connectivity index (χ2v) is 24.0. The molecule has 0 saturated heterocycles. The number of hydrogen-bond acceptors (Lipinski definition) is 3. The van der Waals surface area contributed by atoms with Crippen molar-refractivity contribution in [3.63, 3.8) is 0 Å². The Bertz CT molecular complexity index is 4740. The molecular formula is C81H51NOS. The predicted octanol–water partition coefficient (Wildman–Crippen LogP) is 20.5. The molecule has 0 bridgehead atoms. The molecule has 0 N–H and O–H groups in total. The summed E-state index contributed by atoms with van der Waals surface area (Å²) in [4.78, 5) is 5.09. The van der Waals surface area contributed by atoms with E-state index >= 15 is 0 Å². The molecule has 0 amide bonds. The fourth-order valence-corrected chi connectivity index (χ4v) is 17.0. The van der Waals surface area contributed by atoms with Gasteiger partial charge in [0.15, 0.2) is 0 Å². The maximum Gasteiger partial charge on any atom is 0.132 e. The molecule has 18 rings (SSSR count). The van der Waals surface area contributed by atoms with E-state index in [1.54, 1.807) is 0 Å². The van der Waals surface area contributed by atoms with Gasteiger partial charge in [0.25, 0.3) is 0 Å². The quantitative estimate of drug-likeness (QED) is 0.165. The van der Waals surface area contributed by atoms with Gasteiger partial charge in [-0.1, -0.05) is 254 Å². The molecule has 2 aliphatic heterocycles. The van der Waals surface area contributed by atoms with Crippen molar-refractivity contribution < 1.29 is 4.74 Å². The summed E-state index contributed by atoms with van der Waals surface area (Å²) in [6.07, 6.45) is 0. The molecule has 0 aromatic heterocycles. The van der Waals surface area contributed by atoms with Gasteiger partial charge in [0.05, 0.1) is 16.2 Å². The number of benzene rings is 13. The van der Waals surface area contributed by atoms with Crippen molar-refractivity contribution in [2.75, 3.05) is 4.90 Å². The van der Waals surface area contributed by atoms with Gasteiger partial charge >= 0.3 is 0 Å². The van der Waals surface area contributed by atoms with Crippen LogP contribution < -0.4 is 9.64 Å². The number of fused-ring (bicyclic) bond motifs is 21. The number of nitrogens with zero attached hydrogens (tertiary/aromatic N) is 1. The van der Waals surface area contributed by atoms with Crippen molar-refractivity contribution in [1.82, 2.24) is 0 Å². The maximum absolute atomic E-state index is 6.74. The fraction of sp³-hybridized carbons (Fsp3) is 0.0370. The summed E-state index contributed by atoms with van der Waals surface area (Å²) in [5.41, 5.74) is 26.8. The van der Waals surface area contributed by atoms with Gasteiger partial charge in [-0.05, 0) is 167 Å². The SMILES string of the molecule is c1ccc(C2(c3ccccc3)c3ccccc3-c3ccc(-c4ccc(N(c5ccc6c(c5)-c5ccccc5C65c6ccccc6Oc6ccccc65)c5ccc6c(c5)C5(c7ccccc7Sc7ccccc75)c5ccccc5-6)cc4)cc32)cc1. The van der Waals surface area contributed by atoms with Crippen LogP contribution in [0.4, 0.5) is 17.1 Å². The van der Waals surface area contributed by atoms with Crippen LogP contribution in [0.2, 0.25) is 0 Å². The highest BCUT2D eigenvalue weighted by atomic mass is 32.2. The van der Waals surface area contributed by atoms with Crippen LogP contribution in [0.25, 0.3) is 44.5 Å². The second-order valence-electron chi connectivity index (χ2n) is 22.9. The first kappa shape index (κ1) is 47.4. The van der Waals surface area contributed by atoms with E-state index in [1.165, 1.54) is 104 Å². The van der Waals surface area contributed by atoms with Gasteiger partial charge in [-0.2, -0.15) is 0 Å². The largest absolute Gasteiger partial charge is 0.457 e. The zero-order chi connectivity index (χ0) is 55.1. The highest BCUT2D eigenvalue weighted by Gasteiger charge is 2.53. The van der Waals surface area contributed by atoms with Crippen molar-refractivity contribution >= 4 is 28.8 Å². The first-order valence-corrected chi connectivity index (χ1v) is 30.0. The minimum absolute atomic E-state index is 0.497. The average Bonchev–Trinajstić information content (AvgIpc) is 1.55. The van der Waals surface area contributed by atoms with Crippen LogP contribution in [0.3, 0.4) is 0 Å². The van der Waals surface area contributed by atoms with Crippen molar-refractivity contribution in [3.8, 4) is 56.0 Å². The monoisotopic (exact) mass is 1090 g/mol. The number of rotatable bonds is 6. The fourth-order valence-electron chi connectivity index (χ4n) is 15.8. The first-order valence-electron chi connectivity index (χ1n) is 29.1. The van der Waals surface area contributed by atoms with Crippen LogP contribution in [0.1, 0.15) is 66.8 Å². The lowest BCUT2D eigenvalue weighted by atomic mass is 9.66. The lowest BCUT2D eigenvalue weighted by Crippen LogP contribution is -2.32. The molecule has 3 aliphatic carbocycles. The third-order valence-corrected chi connectivity index (χ3v) is 20.2. The lowest BCUT2D eigenvalue weighted by molar-refractivity contribution is 0.436. The van der Waals surface area contributed by atoms with Gasteiger partial charge in [0, 0.05) is 38.0 Å². The van der Waals surface area contributed by atoms with Crippen LogP contribution >= 0.6 is 11.8 Å². The van der Waals surface area contributed by atoms with E-state index in [2.05, 4.69) is 314 Å². The summed E-state index contributed by atoms with van der Waals surface area (Å²) in [6.45, 7) is 0. The molecule has 0 saturated carbocycles. The number of ether oxygens (including phenoxy) is 1. The Morgan fingerprint density at radius 3 is 1.20 bits per heavy atom. The smallest absolute Gasteiger partial charge is 0.132 e. The molecule has 2 nitrogen and oxygen atoms in total. The molecule has 0 radical (unpaired) electrons. The number of hydrogen-bond donors (Lipinski definition) is 0. The normalized spacial score (nSPS) is 14.8. The van der Waals surface area contributed by atoms with Crippen molar-refractivity contribution in [2.24, 2.45) is 0 Å². The van der Waals surface area contributed by atoms with Crippen molar-refractivity contribution in [2.45, 2.75) is 26.0 Å². The van der Waals surface area contributed by atoms with Gasteiger partial charge in [-0.3, -0.25) is 0 Å². The van der Waals surface area contributed by atoms with E-state index in [1.807, 2.05) is 11.8 Å². The Hall–Kier alpha value is -10.2. The zero-order valence-corrected chi connectivity index (χ0v) is 46.5. The minimum atomic E-state index is -0.580. The molecule has 2 spiro atoms. The molecule has 13 aromatic rings. The Morgan fingerprint density at radius 1 is 0.238 bits per heavy atom. The van der Waals surface area contributed by atoms with E-state index in [0.29, 0.717) is 0 Å². The topological polar surface area (TPSA) is 12.5 Å². The van der Waals surface area contributed by atoms with E-state index in [-0.39, 0.29) is 0 Å². The summed E-state index contributed by atoms with van der Waals surface area (Å²) >= 11 is 1.89. The number of anilines is 3. The molecule has 392 valence electrons. The Balaban J connectivity index is 0.851. The van der Waals surface area contributed by atoms with Crippen molar-refractivity contribution in [1.29, 1.82) is 0 Å². The minimum Gasteiger partial charge on any atom is -0.457 e. The summed E-state index contributed by atoms with van der Waals surface area (Å²) < 4.78 is 6.74. The molecule has 3 heteroatoms. The van der Waals surface area contributed by atoms with E-state index in [0.717, 1.165) is 45.3 Å². The average molecular weight is 1090 g/mol. The summed E-state index contributed by atoms with van der Waals surface area (Å²) in [5, 5.41) is 0. The molecule has 0 atom stereocenters. The summed E-state index contributed by atoms with van der Waals surface area (Å²) in [5.74, 6) is 1.78. The predicted molar refractivity (Wildman–Crippen MR) is 343 cm³/mol. The Morgan fingerprint density at radius 2 is 0.619 bits per heavy atom. The maximum atomic E-state index is 6.74. The Kier molecular flexibility index (Phi) is 10.1. The molecule has 5 aliphatic rings. The van der Waals surface area contributed by atoms with Crippen molar-refractivity contribution in [3.05, 3.63) is 376 Å². The number of para-hydroxylation sites is 2. The van der Waals surface area contributed by atoms with E-state index in [4.69, 9.17) is 4.74 Å². The van der Waals surface area contributed by atoms with Crippen LogP contribution in [0.5, 0.6) is 11.5 Å². The van der Waals surface area contributed by atoms with Gasteiger partial charge in [0.1, 0.15) is 11.5 Å². The third kappa shape index (κ3) is 6.26. The summed E-state index contributed by atoms with van der Waals surface area (Å²) in [6, 6.07) is 116. The van der Waals surface area contributed by atoms with Gasteiger partial charge in [0.2, 0.25) is 0 Å². The highest BCUT2D eigenvalue weighted by molar-refractivity contribution is 7.99. The molecule has 0 fully saturated rings. The van der Waals surface area contributed by atoms with Gasteiger partial charge in [-0.25, -0.2) is 0 Å². The Labute approximate surface area is 493 Å². The highest BCUT2D eigenvalue weighted by Crippen LogP contribution is 2.65. The lowest BCUT2D eigenvalue weighted by Gasteiger charge is -2.40. The van der Waals surface area contributed by atoms with Crippen LogP contribution in [-0.2, 0) is 16.2 Å². The molecule has 84 heavy (non-hydrogen) atoms. The van der Waals surface area contributed by atoms with E-state index < -0.39 is 16.2 Å². The third-order valence-electron chi connectivity index (χ3n) is 19.1. The standard InChI is InChI=1S/C81H51NOS/c1-3-21-54(22-4-1)79(55-23-5-2-6-24-55)65-28-10-7-25-59(65)62-46-41-53(49-73(62)79)52-39-42-56(43-40-52)82(57-45-48-68-64(50-57)61-27-9-12-30-67(61)80(68)69-31-13-17-35-75(69)83-76-36-18-14-32-70(76)80)58-44-47-63-60-26-8-11-29-66(60)81(74(63)51-58)71-33-15-19-37-77(71)84-78-38-20-16-34-72(78)81/h1-51H. The molecule has 0 unspecified atom stereocenters. The second kappa shape index (κ2) is 17.9. The van der Waals surface area contributed by atoms with E-state index in [9.17, 15) is 0 Å². The van der Waals surface area contributed by atoms with Crippen LogP contribution in [0, 0.1) is 0 Å². The zero-order valence-electron chi connectivity index (χ0n) is 45.7. The van der Waals surface area contributed by atoms with Crippen LogP contribution in [0.15, 0.2) is 319 Å². The van der Waals surface area contributed by atoms with Gasteiger partial charge in [-0.15, -0.1) is 0 Å². The van der Waals surface area contributed by atoms with Gasteiger partial charge < -0.3 is 9.64 Å².